The predicted octanol–water partition coefficient (Wildman–Crippen LogP) is 4.63. The fraction of sp³-hybridized carbons (Fsp3) is 0.250. The molecule has 0 amide bonds. The first-order chi connectivity index (χ1) is 13.2. The molecule has 0 unspecified atom stereocenters. The van der Waals surface area contributed by atoms with Crippen LogP contribution in [0, 0.1) is 0 Å². The van der Waals surface area contributed by atoms with E-state index in [1.54, 1.807) is 0 Å². The molecule has 4 nitrogen and oxygen atoms in total. The Balaban J connectivity index is 2.48. The van der Waals surface area contributed by atoms with Crippen molar-refractivity contribution in [2.24, 2.45) is 0 Å². The lowest BCUT2D eigenvalue weighted by Crippen LogP contribution is -2.60. The van der Waals surface area contributed by atoms with Crippen molar-refractivity contribution < 1.29 is 43.2 Å². The second-order valence-corrected chi connectivity index (χ2v) is 11.6. The van der Waals surface area contributed by atoms with Crippen LogP contribution in [-0.4, -0.2) is 31.9 Å². The van der Waals surface area contributed by atoms with Crippen LogP contribution in [0.3, 0.4) is 0 Å². The van der Waals surface area contributed by atoms with Gasteiger partial charge in [-0.25, -0.2) is 16.8 Å². The zero-order chi connectivity index (χ0) is 21.9. The molecular weight excluding hydrogens is 466 g/mol. The minimum absolute atomic E-state index is 0.126. The number of sulfone groups is 2. The summed E-state index contributed by atoms with van der Waals surface area (Å²) in [6.45, 7) is 0. The lowest BCUT2D eigenvalue weighted by atomic mass is 9.81. The maximum Gasteiger partial charge on any atom is 0.499 e. The van der Waals surface area contributed by atoms with E-state index in [1.807, 2.05) is 0 Å². The molecule has 1 aromatic carbocycles. The van der Waals surface area contributed by atoms with Crippen molar-refractivity contribution in [2.75, 3.05) is 0 Å². The number of halogens is 6. The molecule has 0 aliphatic heterocycles. The van der Waals surface area contributed by atoms with Crippen molar-refractivity contribution in [3.8, 4) is 0 Å². The van der Waals surface area contributed by atoms with Gasteiger partial charge < -0.3 is 0 Å². The fourth-order valence-corrected chi connectivity index (χ4v) is 8.30. The van der Waals surface area contributed by atoms with E-state index < -0.39 is 46.8 Å². The Hall–Kier alpha value is -1.86. The summed E-state index contributed by atoms with van der Waals surface area (Å²) < 4.78 is 125. The van der Waals surface area contributed by atoms with Gasteiger partial charge in [-0.1, -0.05) is 36.4 Å². The molecule has 158 valence electrons. The summed E-state index contributed by atoms with van der Waals surface area (Å²) in [7, 11) is -13.6. The van der Waals surface area contributed by atoms with Crippen LogP contribution in [-0.2, 0) is 19.7 Å². The Labute approximate surface area is 165 Å². The summed E-state index contributed by atoms with van der Waals surface area (Å²) in [4.78, 5) is -0.309. The molecule has 29 heavy (non-hydrogen) atoms. The second-order valence-electron chi connectivity index (χ2n) is 6.02. The van der Waals surface area contributed by atoms with Gasteiger partial charge in [0.25, 0.3) is 19.7 Å². The van der Waals surface area contributed by atoms with E-state index in [9.17, 15) is 43.2 Å². The summed E-state index contributed by atoms with van der Waals surface area (Å²) in [6, 6.07) is 9.42. The number of alkyl halides is 6. The number of hydrogen-bond acceptors (Lipinski definition) is 5. The molecule has 0 saturated carbocycles. The van der Waals surface area contributed by atoms with E-state index in [0.717, 1.165) is 6.07 Å². The fourth-order valence-electron chi connectivity index (χ4n) is 3.15. The zero-order valence-corrected chi connectivity index (χ0v) is 16.4. The number of allylic oxidation sites excluding steroid dienone is 1. The average molecular weight is 476 g/mol. The van der Waals surface area contributed by atoms with Crippen LogP contribution in [0.5, 0.6) is 0 Å². The van der Waals surface area contributed by atoms with E-state index in [4.69, 9.17) is 0 Å². The van der Waals surface area contributed by atoms with E-state index >= 15 is 0 Å². The molecule has 0 radical (unpaired) electrons. The molecule has 2 aromatic rings. The molecular formula is C16H10F6O4S3. The third-order valence-electron chi connectivity index (χ3n) is 4.46. The topological polar surface area (TPSA) is 68.3 Å². The zero-order valence-electron chi connectivity index (χ0n) is 14.0. The summed E-state index contributed by atoms with van der Waals surface area (Å²) >= 11 is 0.640. The first kappa shape index (κ1) is 21.8. The van der Waals surface area contributed by atoms with Crippen LogP contribution in [0.4, 0.5) is 26.3 Å². The van der Waals surface area contributed by atoms with Crippen molar-refractivity contribution in [1.29, 1.82) is 0 Å². The number of benzene rings is 1. The van der Waals surface area contributed by atoms with Crippen molar-refractivity contribution in [3.05, 3.63) is 58.3 Å². The highest BCUT2D eigenvalue weighted by atomic mass is 32.3. The number of rotatable bonds is 4. The SMILES string of the molecule is O=S(=O)(C(F)(F)F)C1(S(=O)(=O)C(F)(F)F)CC(c2ccccc2)=C1c1cccs1. The van der Waals surface area contributed by atoms with Crippen LogP contribution in [0.2, 0.25) is 0 Å². The standard InChI is InChI=1S/C16H10F6O4S3/c17-15(18,19)28(23,24)14(29(25,26)16(20,21)22)9-11(10-5-2-1-3-6-10)13(14)12-7-4-8-27-12/h1-8H,9H2. The van der Waals surface area contributed by atoms with E-state index in [1.165, 1.54) is 41.8 Å². The first-order valence-corrected chi connectivity index (χ1v) is 11.5. The van der Waals surface area contributed by atoms with E-state index in [0.29, 0.717) is 11.3 Å². The Morgan fingerprint density at radius 2 is 1.31 bits per heavy atom. The average Bonchev–Trinajstić information content (AvgIpc) is 3.06. The van der Waals surface area contributed by atoms with Crippen LogP contribution < -0.4 is 0 Å². The summed E-state index contributed by atoms with van der Waals surface area (Å²) in [6.07, 6.45) is -1.48. The third-order valence-corrected chi connectivity index (χ3v) is 10.3. The molecule has 1 heterocycles. The van der Waals surface area contributed by atoms with Crippen LogP contribution in [0.1, 0.15) is 16.9 Å². The monoisotopic (exact) mass is 476 g/mol. The highest BCUT2D eigenvalue weighted by Crippen LogP contribution is 2.63. The molecule has 0 spiro atoms. The largest absolute Gasteiger partial charge is 0.499 e. The molecule has 0 N–H and O–H groups in total. The Bertz CT molecular complexity index is 1120. The number of thiophene rings is 1. The highest BCUT2D eigenvalue weighted by Gasteiger charge is 2.77. The Kier molecular flexibility index (Phi) is 4.95. The summed E-state index contributed by atoms with van der Waals surface area (Å²) in [5, 5.41) is 1.29. The summed E-state index contributed by atoms with van der Waals surface area (Å²) in [5.74, 6) is 0. The van der Waals surface area contributed by atoms with Crippen LogP contribution in [0.15, 0.2) is 47.8 Å². The second kappa shape index (κ2) is 6.57. The number of hydrogen-bond donors (Lipinski definition) is 0. The lowest BCUT2D eigenvalue weighted by Gasteiger charge is -2.44. The van der Waals surface area contributed by atoms with Gasteiger partial charge >= 0.3 is 11.0 Å². The molecule has 1 aliphatic carbocycles. The van der Waals surface area contributed by atoms with Gasteiger partial charge in [-0.2, -0.15) is 26.3 Å². The van der Waals surface area contributed by atoms with Gasteiger partial charge in [0.15, 0.2) is 0 Å². The van der Waals surface area contributed by atoms with E-state index in [-0.39, 0.29) is 16.0 Å². The minimum atomic E-state index is -6.82. The van der Waals surface area contributed by atoms with Gasteiger partial charge in [-0.15, -0.1) is 11.3 Å². The van der Waals surface area contributed by atoms with Crippen molar-refractivity contribution in [2.45, 2.75) is 21.5 Å². The minimum Gasteiger partial charge on any atom is -0.217 e. The van der Waals surface area contributed by atoms with Crippen molar-refractivity contribution >= 4 is 42.2 Å². The van der Waals surface area contributed by atoms with E-state index in [2.05, 4.69) is 0 Å². The van der Waals surface area contributed by atoms with Crippen molar-refractivity contribution in [3.63, 3.8) is 0 Å². The smallest absolute Gasteiger partial charge is 0.217 e. The highest BCUT2D eigenvalue weighted by molar-refractivity contribution is 8.12. The normalized spacial score (nSPS) is 17.9. The van der Waals surface area contributed by atoms with Crippen molar-refractivity contribution in [1.82, 2.24) is 0 Å². The summed E-state index contributed by atoms with van der Waals surface area (Å²) in [5.41, 5.74) is -13.6. The maximum atomic E-state index is 13.4. The third kappa shape index (κ3) is 2.93. The molecule has 0 bridgehead atoms. The van der Waals surface area contributed by atoms with Crippen LogP contribution in [0.25, 0.3) is 11.1 Å². The molecule has 0 saturated heterocycles. The first-order valence-electron chi connectivity index (χ1n) is 7.63. The maximum absolute atomic E-state index is 13.4. The quantitative estimate of drug-likeness (QED) is 0.604. The molecule has 1 aliphatic rings. The van der Waals surface area contributed by atoms with Gasteiger partial charge in [-0.05, 0) is 22.6 Å². The molecule has 0 fully saturated rings. The molecule has 3 rings (SSSR count). The van der Waals surface area contributed by atoms with Gasteiger partial charge in [0.2, 0.25) is 4.08 Å². The lowest BCUT2D eigenvalue weighted by molar-refractivity contribution is -0.0483. The predicted molar refractivity (Wildman–Crippen MR) is 94.9 cm³/mol. The molecule has 0 atom stereocenters. The van der Waals surface area contributed by atoms with Gasteiger partial charge in [0, 0.05) is 16.9 Å². The van der Waals surface area contributed by atoms with Gasteiger partial charge in [0.05, 0.1) is 0 Å². The molecule has 1 aromatic heterocycles. The van der Waals surface area contributed by atoms with Gasteiger partial charge in [0.1, 0.15) is 0 Å². The van der Waals surface area contributed by atoms with Crippen LogP contribution >= 0.6 is 11.3 Å². The Morgan fingerprint density at radius 3 is 1.72 bits per heavy atom. The van der Waals surface area contributed by atoms with Gasteiger partial charge in [-0.3, -0.25) is 0 Å². The Morgan fingerprint density at radius 1 is 0.793 bits per heavy atom. The molecule has 13 heteroatoms.